The Labute approximate surface area is 109 Å². The third-order valence-corrected chi connectivity index (χ3v) is 3.55. The number of aromatic nitrogens is 1. The Bertz CT molecular complexity index is 928. The summed E-state index contributed by atoms with van der Waals surface area (Å²) in [5, 5.41) is 15.4. The summed E-state index contributed by atoms with van der Waals surface area (Å²) < 4.78 is 0. The molecule has 0 aliphatic heterocycles. The van der Waals surface area contributed by atoms with Crippen LogP contribution in [-0.2, 0) is 0 Å². The molecule has 1 heterocycles. The molecule has 0 unspecified atom stereocenters. The van der Waals surface area contributed by atoms with E-state index in [1.807, 2.05) is 18.3 Å². The van der Waals surface area contributed by atoms with Crippen LogP contribution in [0.15, 0.2) is 60.8 Å². The molecule has 0 aliphatic rings. The van der Waals surface area contributed by atoms with Gasteiger partial charge in [0.25, 0.3) is 0 Å². The fourth-order valence-corrected chi connectivity index (χ4v) is 2.67. The van der Waals surface area contributed by atoms with Crippen molar-refractivity contribution in [3.8, 4) is 5.75 Å². The molecule has 0 amide bonds. The van der Waals surface area contributed by atoms with Crippen LogP contribution in [0, 0.1) is 0 Å². The molecule has 0 radical (unpaired) electrons. The van der Waals surface area contributed by atoms with Crippen LogP contribution in [0.4, 0.5) is 0 Å². The summed E-state index contributed by atoms with van der Waals surface area (Å²) in [6.07, 6.45) is 1.86. The van der Waals surface area contributed by atoms with Crippen molar-refractivity contribution in [2.45, 2.75) is 0 Å². The molecule has 0 saturated carbocycles. The van der Waals surface area contributed by atoms with Gasteiger partial charge in [0.15, 0.2) is 0 Å². The zero-order valence-corrected chi connectivity index (χ0v) is 10.2. The Kier molecular flexibility index (Phi) is 2.00. The first-order valence-electron chi connectivity index (χ1n) is 6.22. The molecule has 0 spiro atoms. The number of aromatic hydroxyl groups is 1. The van der Waals surface area contributed by atoms with Crippen molar-refractivity contribution in [2.24, 2.45) is 0 Å². The van der Waals surface area contributed by atoms with Crippen molar-refractivity contribution in [2.75, 3.05) is 0 Å². The summed E-state index contributed by atoms with van der Waals surface area (Å²) >= 11 is 0. The van der Waals surface area contributed by atoms with Crippen molar-refractivity contribution < 1.29 is 5.11 Å². The first kappa shape index (κ1) is 10.3. The van der Waals surface area contributed by atoms with E-state index in [9.17, 15) is 5.11 Å². The van der Waals surface area contributed by atoms with Crippen molar-refractivity contribution in [1.29, 1.82) is 0 Å². The predicted octanol–water partition coefficient (Wildman–Crippen LogP) is 4.25. The number of fused-ring (bicyclic) bond motifs is 5. The summed E-state index contributed by atoms with van der Waals surface area (Å²) in [6.45, 7) is 0. The van der Waals surface area contributed by atoms with Crippen molar-refractivity contribution >= 4 is 32.4 Å². The van der Waals surface area contributed by atoms with Crippen LogP contribution in [0.2, 0.25) is 0 Å². The number of benzene rings is 3. The Morgan fingerprint density at radius 2 is 1.63 bits per heavy atom. The van der Waals surface area contributed by atoms with Gasteiger partial charge in [-0.3, -0.25) is 4.98 Å². The van der Waals surface area contributed by atoms with Gasteiger partial charge < -0.3 is 5.11 Å². The lowest BCUT2D eigenvalue weighted by Crippen LogP contribution is -1.84. The van der Waals surface area contributed by atoms with Crippen LogP contribution in [0.5, 0.6) is 5.75 Å². The molecule has 1 N–H and O–H groups in total. The first-order valence-corrected chi connectivity index (χ1v) is 6.22. The zero-order valence-electron chi connectivity index (χ0n) is 10.2. The molecule has 0 saturated heterocycles. The Hall–Kier alpha value is -2.61. The minimum atomic E-state index is 0.250. The molecule has 0 atom stereocenters. The lowest BCUT2D eigenvalue weighted by molar-refractivity contribution is 0.476. The third-order valence-electron chi connectivity index (χ3n) is 3.55. The van der Waals surface area contributed by atoms with Gasteiger partial charge in [0.2, 0.25) is 0 Å². The van der Waals surface area contributed by atoms with E-state index in [-0.39, 0.29) is 5.75 Å². The van der Waals surface area contributed by atoms with Gasteiger partial charge in [-0.15, -0.1) is 0 Å². The van der Waals surface area contributed by atoms with Crippen LogP contribution >= 0.6 is 0 Å². The number of hydrogen-bond donors (Lipinski definition) is 1. The summed E-state index contributed by atoms with van der Waals surface area (Å²) in [6, 6.07) is 17.9. The molecule has 0 aliphatic carbocycles. The van der Waals surface area contributed by atoms with E-state index in [1.165, 1.54) is 16.2 Å². The second kappa shape index (κ2) is 3.69. The van der Waals surface area contributed by atoms with Crippen LogP contribution in [-0.4, -0.2) is 10.1 Å². The SMILES string of the molecule is Oc1ccc2c(c1)ncc1ccc3ccccc3c12. The number of rotatable bonds is 0. The van der Waals surface area contributed by atoms with Gasteiger partial charge in [0.05, 0.1) is 5.52 Å². The van der Waals surface area contributed by atoms with Crippen LogP contribution in [0.25, 0.3) is 32.4 Å². The zero-order chi connectivity index (χ0) is 12.8. The molecule has 2 heteroatoms. The second-order valence-electron chi connectivity index (χ2n) is 4.71. The monoisotopic (exact) mass is 245 g/mol. The minimum Gasteiger partial charge on any atom is -0.508 e. The average Bonchev–Trinajstić information content (AvgIpc) is 2.46. The molecule has 0 bridgehead atoms. The van der Waals surface area contributed by atoms with Crippen molar-refractivity contribution in [1.82, 2.24) is 4.98 Å². The molecule has 0 fully saturated rings. The van der Waals surface area contributed by atoms with Crippen LogP contribution < -0.4 is 0 Å². The van der Waals surface area contributed by atoms with E-state index >= 15 is 0 Å². The maximum atomic E-state index is 9.58. The highest BCUT2D eigenvalue weighted by Gasteiger charge is 2.06. The number of pyridine rings is 1. The normalized spacial score (nSPS) is 11.4. The number of phenolic OH excluding ortho intramolecular Hbond substituents is 1. The van der Waals surface area contributed by atoms with Gasteiger partial charge in [-0.1, -0.05) is 36.4 Å². The van der Waals surface area contributed by atoms with Crippen molar-refractivity contribution in [3.05, 3.63) is 60.8 Å². The molecule has 90 valence electrons. The molecular weight excluding hydrogens is 234 g/mol. The van der Waals surface area contributed by atoms with E-state index in [4.69, 9.17) is 0 Å². The van der Waals surface area contributed by atoms with Crippen molar-refractivity contribution in [3.63, 3.8) is 0 Å². The highest BCUT2D eigenvalue weighted by molar-refractivity contribution is 6.19. The van der Waals surface area contributed by atoms with Gasteiger partial charge in [0, 0.05) is 28.4 Å². The largest absolute Gasteiger partial charge is 0.508 e. The standard InChI is InChI=1S/C17H11NO/c19-13-7-8-15-16(9-13)18-10-12-6-5-11-3-1-2-4-14(11)17(12)15/h1-10,19H. The second-order valence-corrected chi connectivity index (χ2v) is 4.71. The van der Waals surface area contributed by atoms with E-state index < -0.39 is 0 Å². The highest BCUT2D eigenvalue weighted by atomic mass is 16.3. The molecule has 4 rings (SSSR count). The maximum absolute atomic E-state index is 9.58. The molecule has 2 nitrogen and oxygen atoms in total. The summed E-state index contributed by atoms with van der Waals surface area (Å²) in [5.41, 5.74) is 0.823. The maximum Gasteiger partial charge on any atom is 0.117 e. The van der Waals surface area contributed by atoms with E-state index in [2.05, 4.69) is 35.3 Å². The number of hydrogen-bond acceptors (Lipinski definition) is 2. The summed E-state index contributed by atoms with van der Waals surface area (Å²) in [4.78, 5) is 4.42. The lowest BCUT2D eigenvalue weighted by Gasteiger charge is -2.07. The minimum absolute atomic E-state index is 0.250. The first-order chi connectivity index (χ1) is 9.33. The highest BCUT2D eigenvalue weighted by Crippen LogP contribution is 2.31. The fraction of sp³-hybridized carbons (Fsp3) is 0. The summed E-state index contributed by atoms with van der Waals surface area (Å²) in [7, 11) is 0. The predicted molar refractivity (Wildman–Crippen MR) is 78.4 cm³/mol. The van der Waals surface area contributed by atoms with Gasteiger partial charge in [-0.05, 0) is 22.9 Å². The third kappa shape index (κ3) is 1.47. The molecule has 19 heavy (non-hydrogen) atoms. The number of phenols is 1. The molecule has 3 aromatic carbocycles. The molecular formula is C17H11NO. The topological polar surface area (TPSA) is 33.1 Å². The van der Waals surface area contributed by atoms with Gasteiger partial charge in [-0.25, -0.2) is 0 Å². The van der Waals surface area contributed by atoms with Crippen LogP contribution in [0.1, 0.15) is 0 Å². The van der Waals surface area contributed by atoms with Gasteiger partial charge in [-0.2, -0.15) is 0 Å². The smallest absolute Gasteiger partial charge is 0.117 e. The molecule has 1 aromatic heterocycles. The van der Waals surface area contributed by atoms with E-state index in [0.717, 1.165) is 16.3 Å². The van der Waals surface area contributed by atoms with E-state index in [0.29, 0.717) is 0 Å². The van der Waals surface area contributed by atoms with Crippen LogP contribution in [0.3, 0.4) is 0 Å². The lowest BCUT2D eigenvalue weighted by atomic mass is 9.99. The van der Waals surface area contributed by atoms with Gasteiger partial charge >= 0.3 is 0 Å². The average molecular weight is 245 g/mol. The number of nitrogens with zero attached hydrogens (tertiary/aromatic N) is 1. The van der Waals surface area contributed by atoms with Gasteiger partial charge in [0.1, 0.15) is 5.75 Å². The van der Waals surface area contributed by atoms with E-state index in [1.54, 1.807) is 12.1 Å². The Morgan fingerprint density at radius 3 is 2.58 bits per heavy atom. The summed E-state index contributed by atoms with van der Waals surface area (Å²) in [5.74, 6) is 0.250. The quantitative estimate of drug-likeness (QED) is 0.470. The Balaban J connectivity index is 2.33. The Morgan fingerprint density at radius 1 is 0.789 bits per heavy atom. The molecule has 4 aromatic rings. The fourth-order valence-electron chi connectivity index (χ4n) is 2.67.